The van der Waals surface area contributed by atoms with Crippen LogP contribution >= 0.6 is 0 Å². The van der Waals surface area contributed by atoms with Gasteiger partial charge in [0.1, 0.15) is 0 Å². The second-order valence-electron chi connectivity index (χ2n) is 5.57. The van der Waals surface area contributed by atoms with Crippen molar-refractivity contribution in [2.75, 3.05) is 33.7 Å². The van der Waals surface area contributed by atoms with Crippen LogP contribution in [-0.4, -0.2) is 44.6 Å². The highest BCUT2D eigenvalue weighted by Crippen LogP contribution is 2.38. The number of aliphatic imine (C=N–C) groups is 1. The number of hydrogen-bond donors (Lipinski definition) is 2. The zero-order chi connectivity index (χ0) is 12.7. The lowest BCUT2D eigenvalue weighted by molar-refractivity contribution is 0.210. The van der Waals surface area contributed by atoms with E-state index in [0.717, 1.165) is 26.1 Å². The molecule has 1 aliphatic carbocycles. The van der Waals surface area contributed by atoms with Gasteiger partial charge in [-0.05, 0) is 33.4 Å². The molecule has 0 atom stereocenters. The summed E-state index contributed by atoms with van der Waals surface area (Å²) in [4.78, 5) is 6.80. The van der Waals surface area contributed by atoms with Crippen molar-refractivity contribution in [1.29, 1.82) is 0 Å². The summed E-state index contributed by atoms with van der Waals surface area (Å²) in [6.45, 7) is 5.03. The first-order chi connectivity index (χ1) is 8.08. The van der Waals surface area contributed by atoms with E-state index in [0.29, 0.717) is 11.4 Å². The van der Waals surface area contributed by atoms with Gasteiger partial charge in [-0.15, -0.1) is 0 Å². The molecule has 1 fully saturated rings. The Kier molecular flexibility index (Phi) is 5.75. The van der Waals surface area contributed by atoms with Crippen molar-refractivity contribution in [2.24, 2.45) is 16.1 Å². The van der Waals surface area contributed by atoms with Crippen molar-refractivity contribution in [3.05, 3.63) is 0 Å². The minimum absolute atomic E-state index is 0.363. The minimum Gasteiger partial charge on any atom is -0.370 e. The van der Waals surface area contributed by atoms with Crippen LogP contribution in [0.3, 0.4) is 0 Å². The van der Waals surface area contributed by atoms with E-state index >= 15 is 0 Å². The Labute approximate surface area is 106 Å². The van der Waals surface area contributed by atoms with Gasteiger partial charge in [-0.25, -0.2) is 0 Å². The zero-order valence-corrected chi connectivity index (χ0v) is 11.6. The Balaban J connectivity index is 2.49. The summed E-state index contributed by atoms with van der Waals surface area (Å²) in [5, 5.41) is 3.14. The number of nitrogens with two attached hydrogens (primary N) is 1. The van der Waals surface area contributed by atoms with E-state index in [1.165, 1.54) is 25.7 Å². The third kappa shape index (κ3) is 4.94. The standard InChI is InChI=1S/C13H28N4/c1-4-9-15-12(14)16-10-13(11-17(2)3)7-5-6-8-13/h4-11H2,1-3H3,(H3,14,15,16). The summed E-state index contributed by atoms with van der Waals surface area (Å²) < 4.78 is 0. The van der Waals surface area contributed by atoms with E-state index in [-0.39, 0.29) is 0 Å². The van der Waals surface area contributed by atoms with Crippen molar-refractivity contribution in [1.82, 2.24) is 10.2 Å². The molecule has 0 aromatic heterocycles. The van der Waals surface area contributed by atoms with Gasteiger partial charge in [-0.1, -0.05) is 19.8 Å². The van der Waals surface area contributed by atoms with Crippen molar-refractivity contribution in [2.45, 2.75) is 39.0 Å². The molecule has 0 bridgehead atoms. The fraction of sp³-hybridized carbons (Fsp3) is 0.923. The molecule has 0 heterocycles. The molecule has 0 aliphatic heterocycles. The van der Waals surface area contributed by atoms with Gasteiger partial charge in [-0.2, -0.15) is 0 Å². The maximum atomic E-state index is 5.85. The molecular formula is C13H28N4. The van der Waals surface area contributed by atoms with Crippen LogP contribution in [0.5, 0.6) is 0 Å². The van der Waals surface area contributed by atoms with Gasteiger partial charge in [0.05, 0.1) is 0 Å². The van der Waals surface area contributed by atoms with Crippen LogP contribution in [0, 0.1) is 5.41 Å². The van der Waals surface area contributed by atoms with E-state index < -0.39 is 0 Å². The highest BCUT2D eigenvalue weighted by molar-refractivity contribution is 5.77. The van der Waals surface area contributed by atoms with Crippen LogP contribution in [0.1, 0.15) is 39.0 Å². The second kappa shape index (κ2) is 6.84. The maximum Gasteiger partial charge on any atom is 0.188 e. The normalized spacial score (nSPS) is 19.9. The summed E-state index contributed by atoms with van der Waals surface area (Å²) >= 11 is 0. The zero-order valence-electron chi connectivity index (χ0n) is 11.6. The fourth-order valence-corrected chi connectivity index (χ4v) is 2.72. The molecule has 4 nitrogen and oxygen atoms in total. The largest absolute Gasteiger partial charge is 0.370 e. The van der Waals surface area contributed by atoms with Crippen LogP contribution in [0.2, 0.25) is 0 Å². The Morgan fingerprint density at radius 3 is 2.53 bits per heavy atom. The molecule has 0 unspecified atom stereocenters. The molecule has 17 heavy (non-hydrogen) atoms. The van der Waals surface area contributed by atoms with E-state index in [1.54, 1.807) is 0 Å². The molecule has 1 saturated carbocycles. The molecule has 0 amide bonds. The van der Waals surface area contributed by atoms with Gasteiger partial charge in [0.25, 0.3) is 0 Å². The van der Waals surface area contributed by atoms with E-state index in [1.807, 2.05) is 0 Å². The lowest BCUT2D eigenvalue weighted by atomic mass is 9.86. The van der Waals surface area contributed by atoms with Gasteiger partial charge in [0.15, 0.2) is 5.96 Å². The lowest BCUT2D eigenvalue weighted by Gasteiger charge is -2.30. The van der Waals surface area contributed by atoms with Crippen molar-refractivity contribution < 1.29 is 0 Å². The SMILES string of the molecule is CCCNC(N)=NCC1(CN(C)C)CCCC1. The predicted molar refractivity (Wildman–Crippen MR) is 74.2 cm³/mol. The molecule has 1 aliphatic rings. The highest BCUT2D eigenvalue weighted by Gasteiger charge is 2.34. The Morgan fingerprint density at radius 1 is 1.35 bits per heavy atom. The Hall–Kier alpha value is -0.770. The molecule has 0 aromatic rings. The second-order valence-corrected chi connectivity index (χ2v) is 5.57. The van der Waals surface area contributed by atoms with Crippen LogP contribution in [-0.2, 0) is 0 Å². The number of guanidine groups is 1. The van der Waals surface area contributed by atoms with Crippen LogP contribution in [0.15, 0.2) is 4.99 Å². The van der Waals surface area contributed by atoms with Gasteiger partial charge >= 0.3 is 0 Å². The van der Waals surface area contributed by atoms with Crippen LogP contribution in [0.4, 0.5) is 0 Å². The van der Waals surface area contributed by atoms with Gasteiger partial charge in [-0.3, -0.25) is 4.99 Å². The van der Waals surface area contributed by atoms with E-state index in [2.05, 4.69) is 36.2 Å². The molecule has 0 aromatic carbocycles. The predicted octanol–water partition coefficient (Wildman–Crippen LogP) is 1.42. The van der Waals surface area contributed by atoms with Gasteiger partial charge in [0.2, 0.25) is 0 Å². The van der Waals surface area contributed by atoms with Crippen molar-refractivity contribution >= 4 is 5.96 Å². The summed E-state index contributed by atoms with van der Waals surface area (Å²) in [6, 6.07) is 0. The summed E-state index contributed by atoms with van der Waals surface area (Å²) in [5.41, 5.74) is 6.22. The number of nitrogens with one attached hydrogen (secondary N) is 1. The number of hydrogen-bond acceptors (Lipinski definition) is 2. The number of nitrogens with zero attached hydrogens (tertiary/aromatic N) is 2. The van der Waals surface area contributed by atoms with Crippen LogP contribution < -0.4 is 11.1 Å². The van der Waals surface area contributed by atoms with Gasteiger partial charge in [0, 0.05) is 25.0 Å². The minimum atomic E-state index is 0.363. The summed E-state index contributed by atoms with van der Waals surface area (Å²) in [5.74, 6) is 0.608. The Bertz CT molecular complexity index is 242. The lowest BCUT2D eigenvalue weighted by Crippen LogP contribution is -2.37. The topological polar surface area (TPSA) is 53.6 Å². The smallest absolute Gasteiger partial charge is 0.188 e. The van der Waals surface area contributed by atoms with Crippen molar-refractivity contribution in [3.63, 3.8) is 0 Å². The monoisotopic (exact) mass is 240 g/mol. The van der Waals surface area contributed by atoms with E-state index in [4.69, 9.17) is 5.73 Å². The first kappa shape index (κ1) is 14.3. The summed E-state index contributed by atoms with van der Waals surface area (Å²) in [7, 11) is 4.28. The molecule has 0 saturated heterocycles. The van der Waals surface area contributed by atoms with Crippen molar-refractivity contribution in [3.8, 4) is 0 Å². The van der Waals surface area contributed by atoms with E-state index in [9.17, 15) is 0 Å². The first-order valence-electron chi connectivity index (χ1n) is 6.76. The average Bonchev–Trinajstić information content (AvgIpc) is 2.71. The van der Waals surface area contributed by atoms with Crippen LogP contribution in [0.25, 0.3) is 0 Å². The quantitative estimate of drug-likeness (QED) is 0.545. The Morgan fingerprint density at radius 2 is 2.00 bits per heavy atom. The fourth-order valence-electron chi connectivity index (χ4n) is 2.72. The molecule has 100 valence electrons. The molecule has 1 rings (SSSR count). The third-order valence-electron chi connectivity index (χ3n) is 3.46. The molecular weight excluding hydrogens is 212 g/mol. The van der Waals surface area contributed by atoms with Gasteiger partial charge < -0.3 is 16.0 Å². The highest BCUT2D eigenvalue weighted by atomic mass is 15.1. The first-order valence-corrected chi connectivity index (χ1v) is 6.76. The summed E-state index contributed by atoms with van der Waals surface area (Å²) in [6.07, 6.45) is 6.34. The molecule has 0 spiro atoms. The number of rotatable bonds is 6. The molecule has 4 heteroatoms. The maximum absolute atomic E-state index is 5.85. The third-order valence-corrected chi connectivity index (χ3v) is 3.46. The molecule has 3 N–H and O–H groups in total. The molecule has 0 radical (unpaired) electrons. The average molecular weight is 240 g/mol.